The van der Waals surface area contributed by atoms with Crippen LogP contribution in [0.3, 0.4) is 0 Å². The molecule has 0 bridgehead atoms. The van der Waals surface area contributed by atoms with Crippen LogP contribution in [0.15, 0.2) is 11.5 Å². The molecule has 0 spiro atoms. The van der Waals surface area contributed by atoms with Gasteiger partial charge >= 0.3 is 0 Å². The van der Waals surface area contributed by atoms with Gasteiger partial charge in [-0.05, 0) is 12.8 Å². The van der Waals surface area contributed by atoms with Crippen molar-refractivity contribution in [1.29, 1.82) is 0 Å². The van der Waals surface area contributed by atoms with Gasteiger partial charge in [0.15, 0.2) is 0 Å². The minimum Gasteiger partial charge on any atom is -0.449 e. The van der Waals surface area contributed by atoms with E-state index in [-0.39, 0.29) is 0 Å². The maximum absolute atomic E-state index is 10.4. The van der Waals surface area contributed by atoms with Gasteiger partial charge < -0.3 is 9.47 Å². The van der Waals surface area contributed by atoms with E-state index in [9.17, 15) is 4.79 Å². The summed E-state index contributed by atoms with van der Waals surface area (Å²) in [4.78, 5) is 10.4. The summed E-state index contributed by atoms with van der Waals surface area (Å²) in [6.07, 6.45) is 3.75. The van der Waals surface area contributed by atoms with E-state index in [1.165, 1.54) is 0 Å². The van der Waals surface area contributed by atoms with E-state index < -0.39 is 6.29 Å². The highest BCUT2D eigenvalue weighted by atomic mass is 16.7. The number of rotatable bonds is 5. The molecule has 0 N–H and O–H groups in total. The number of carbonyl (C=O) groups is 1. The number of ether oxygens (including phenoxy) is 2. The maximum Gasteiger partial charge on any atom is 0.297 e. The summed E-state index contributed by atoms with van der Waals surface area (Å²) in [5, 5.41) is 0. The van der Waals surface area contributed by atoms with E-state index in [0.717, 1.165) is 37.2 Å². The predicted molar refractivity (Wildman–Crippen MR) is 48.9 cm³/mol. The van der Waals surface area contributed by atoms with Crippen molar-refractivity contribution in [2.45, 2.75) is 45.8 Å². The monoisotopic (exact) mass is 184 g/mol. The quantitative estimate of drug-likeness (QED) is 0.615. The highest BCUT2D eigenvalue weighted by molar-refractivity contribution is 5.55. The normalized spacial score (nSPS) is 17.1. The van der Waals surface area contributed by atoms with Gasteiger partial charge in [0.1, 0.15) is 11.5 Å². The van der Waals surface area contributed by atoms with Gasteiger partial charge in [-0.1, -0.05) is 13.8 Å². The van der Waals surface area contributed by atoms with E-state index >= 15 is 0 Å². The second-order valence-corrected chi connectivity index (χ2v) is 3.09. The molecule has 1 aliphatic rings. The lowest BCUT2D eigenvalue weighted by Gasteiger charge is -2.02. The molecular weight excluding hydrogens is 168 g/mol. The molecule has 1 aliphatic heterocycles. The van der Waals surface area contributed by atoms with Gasteiger partial charge in [-0.3, -0.25) is 4.79 Å². The topological polar surface area (TPSA) is 35.5 Å². The smallest absolute Gasteiger partial charge is 0.297 e. The van der Waals surface area contributed by atoms with Crippen molar-refractivity contribution < 1.29 is 14.3 Å². The van der Waals surface area contributed by atoms with Gasteiger partial charge in [-0.15, -0.1) is 0 Å². The van der Waals surface area contributed by atoms with E-state index in [1.807, 2.05) is 0 Å². The summed E-state index contributed by atoms with van der Waals surface area (Å²) in [6, 6.07) is 0. The largest absolute Gasteiger partial charge is 0.449 e. The van der Waals surface area contributed by atoms with Gasteiger partial charge in [0.25, 0.3) is 6.29 Å². The molecule has 13 heavy (non-hydrogen) atoms. The first-order valence-electron chi connectivity index (χ1n) is 4.82. The van der Waals surface area contributed by atoms with E-state index in [1.54, 1.807) is 0 Å². The average Bonchev–Trinajstić information content (AvgIpc) is 2.50. The average molecular weight is 184 g/mol. The van der Waals surface area contributed by atoms with Crippen LogP contribution in [0.25, 0.3) is 0 Å². The third-order valence-electron chi connectivity index (χ3n) is 1.89. The summed E-state index contributed by atoms with van der Waals surface area (Å²) in [6.45, 7) is 4.16. The fourth-order valence-electron chi connectivity index (χ4n) is 1.34. The molecule has 0 aromatic heterocycles. The van der Waals surface area contributed by atoms with Crippen LogP contribution in [-0.4, -0.2) is 12.6 Å². The molecule has 1 heterocycles. The minimum absolute atomic E-state index is 0.692. The number of hydrogen-bond acceptors (Lipinski definition) is 3. The molecule has 0 radical (unpaired) electrons. The van der Waals surface area contributed by atoms with Crippen LogP contribution in [0.5, 0.6) is 0 Å². The van der Waals surface area contributed by atoms with Crippen molar-refractivity contribution in [2.75, 3.05) is 0 Å². The summed E-state index contributed by atoms with van der Waals surface area (Å²) in [7, 11) is 0. The molecule has 0 fully saturated rings. The number of aldehydes is 1. The Bertz CT molecular complexity index is 190. The second kappa shape index (κ2) is 4.90. The Labute approximate surface area is 78.7 Å². The van der Waals surface area contributed by atoms with Crippen molar-refractivity contribution in [1.82, 2.24) is 0 Å². The number of allylic oxidation sites excluding steroid dienone is 2. The molecule has 0 unspecified atom stereocenters. The molecule has 0 aliphatic carbocycles. The van der Waals surface area contributed by atoms with Crippen LogP contribution in [0.2, 0.25) is 0 Å². The zero-order valence-electron chi connectivity index (χ0n) is 8.21. The molecule has 0 saturated carbocycles. The van der Waals surface area contributed by atoms with Crippen molar-refractivity contribution in [2.24, 2.45) is 0 Å². The van der Waals surface area contributed by atoms with Gasteiger partial charge in [-0.25, -0.2) is 0 Å². The van der Waals surface area contributed by atoms with Gasteiger partial charge in [0.05, 0.1) is 0 Å². The third kappa shape index (κ3) is 2.47. The molecule has 0 saturated heterocycles. The Hall–Kier alpha value is -0.990. The first-order chi connectivity index (χ1) is 6.31. The van der Waals surface area contributed by atoms with E-state index in [4.69, 9.17) is 9.47 Å². The Balaban J connectivity index is 2.58. The van der Waals surface area contributed by atoms with Crippen molar-refractivity contribution >= 4 is 6.29 Å². The highest BCUT2D eigenvalue weighted by Gasteiger charge is 2.24. The van der Waals surface area contributed by atoms with Crippen LogP contribution in [0, 0.1) is 0 Å². The van der Waals surface area contributed by atoms with Crippen molar-refractivity contribution in [3.8, 4) is 0 Å². The Morgan fingerprint density at radius 2 is 1.62 bits per heavy atom. The zero-order chi connectivity index (χ0) is 9.68. The molecule has 74 valence electrons. The summed E-state index contributed by atoms with van der Waals surface area (Å²) in [5.74, 6) is 1.72. The van der Waals surface area contributed by atoms with Gasteiger partial charge in [-0.2, -0.15) is 0 Å². The number of carbonyl (C=O) groups excluding carboxylic acids is 1. The van der Waals surface area contributed by atoms with E-state index in [0.29, 0.717) is 6.29 Å². The molecule has 0 aromatic carbocycles. The van der Waals surface area contributed by atoms with Crippen LogP contribution in [0.4, 0.5) is 0 Å². The second-order valence-electron chi connectivity index (χ2n) is 3.09. The van der Waals surface area contributed by atoms with Crippen LogP contribution in [-0.2, 0) is 14.3 Å². The lowest BCUT2D eigenvalue weighted by molar-refractivity contribution is -0.130. The SMILES string of the molecule is CCCC1=C(CCC)OC(C=O)O1. The van der Waals surface area contributed by atoms with Crippen LogP contribution >= 0.6 is 0 Å². The van der Waals surface area contributed by atoms with Crippen molar-refractivity contribution in [3.63, 3.8) is 0 Å². The Kier molecular flexibility index (Phi) is 3.80. The predicted octanol–water partition coefficient (Wildman–Crippen LogP) is 2.37. The third-order valence-corrected chi connectivity index (χ3v) is 1.89. The Morgan fingerprint density at radius 1 is 1.15 bits per heavy atom. The molecule has 0 amide bonds. The lowest BCUT2D eigenvalue weighted by Crippen LogP contribution is -2.09. The minimum atomic E-state index is -0.692. The molecule has 3 heteroatoms. The summed E-state index contributed by atoms with van der Waals surface area (Å²) < 4.78 is 10.6. The van der Waals surface area contributed by atoms with Crippen LogP contribution < -0.4 is 0 Å². The summed E-state index contributed by atoms with van der Waals surface area (Å²) in [5.41, 5.74) is 0. The Morgan fingerprint density at radius 3 is 1.92 bits per heavy atom. The number of hydrogen-bond donors (Lipinski definition) is 0. The fourth-order valence-corrected chi connectivity index (χ4v) is 1.34. The van der Waals surface area contributed by atoms with Gasteiger partial charge in [0, 0.05) is 12.8 Å². The molecule has 0 aromatic rings. The maximum atomic E-state index is 10.4. The fraction of sp³-hybridized carbons (Fsp3) is 0.700. The lowest BCUT2D eigenvalue weighted by atomic mass is 10.2. The molecule has 1 rings (SSSR count). The molecule has 0 atom stereocenters. The summed E-state index contributed by atoms with van der Waals surface area (Å²) >= 11 is 0. The van der Waals surface area contributed by atoms with Gasteiger partial charge in [0.2, 0.25) is 6.29 Å². The first kappa shape index (κ1) is 10.1. The van der Waals surface area contributed by atoms with Crippen molar-refractivity contribution in [3.05, 3.63) is 11.5 Å². The molecule has 3 nitrogen and oxygen atoms in total. The standard InChI is InChI=1S/C10H16O3/c1-3-5-8-9(6-4-2)13-10(7-11)12-8/h7,10H,3-6H2,1-2H3. The first-order valence-corrected chi connectivity index (χ1v) is 4.82. The molecular formula is C10H16O3. The highest BCUT2D eigenvalue weighted by Crippen LogP contribution is 2.27. The van der Waals surface area contributed by atoms with E-state index in [2.05, 4.69) is 13.8 Å². The zero-order valence-corrected chi connectivity index (χ0v) is 8.21. The van der Waals surface area contributed by atoms with Crippen LogP contribution in [0.1, 0.15) is 39.5 Å².